The van der Waals surface area contributed by atoms with E-state index in [0.717, 1.165) is 11.3 Å². The molecular weight excluding hydrogens is 254 g/mol. The Morgan fingerprint density at radius 1 is 1.50 bits per heavy atom. The number of hydrogen-bond acceptors (Lipinski definition) is 5. The number of rotatable bonds is 7. The summed E-state index contributed by atoms with van der Waals surface area (Å²) in [6.45, 7) is 0.531. The number of Topliss-reactive ketones (excluding diaryl/α,β-unsaturated/α-hetero) is 1. The standard InChI is InChI=1S/C10H14N5O2S/c11-8(17)6-5-18-9(15-6)7(16)3-1-2-4-14-10(12)13/h3,5H,1-2,4H2,(H2,11,17)(H4,12,13,14). The SMILES string of the molecule is N=C(N)NCCC[CH]C(=O)c1nc(C(N)=O)cs1. The van der Waals surface area contributed by atoms with Crippen molar-refractivity contribution in [3.63, 3.8) is 0 Å². The number of primary amides is 1. The molecule has 0 aliphatic heterocycles. The quantitative estimate of drug-likeness (QED) is 0.237. The van der Waals surface area contributed by atoms with E-state index in [1.165, 1.54) is 11.8 Å². The number of thiazole rings is 1. The summed E-state index contributed by atoms with van der Waals surface area (Å²) in [5.74, 6) is -0.960. The summed E-state index contributed by atoms with van der Waals surface area (Å²) < 4.78 is 0. The van der Waals surface area contributed by atoms with E-state index in [1.54, 1.807) is 0 Å². The number of carbonyl (C=O) groups excluding carboxylic acids is 2. The van der Waals surface area contributed by atoms with E-state index in [4.69, 9.17) is 16.9 Å². The molecule has 0 saturated carbocycles. The van der Waals surface area contributed by atoms with Crippen LogP contribution in [0.4, 0.5) is 0 Å². The van der Waals surface area contributed by atoms with E-state index in [1.807, 2.05) is 0 Å². The summed E-state index contributed by atoms with van der Waals surface area (Å²) in [5, 5.41) is 11.3. The molecular formula is C10H14N5O2S. The Balaban J connectivity index is 2.32. The first-order valence-electron chi connectivity index (χ1n) is 5.21. The minimum absolute atomic E-state index is 0.0904. The van der Waals surface area contributed by atoms with Crippen LogP contribution in [0.5, 0.6) is 0 Å². The number of unbranched alkanes of at least 4 members (excludes halogenated alkanes) is 1. The van der Waals surface area contributed by atoms with Crippen LogP contribution >= 0.6 is 11.3 Å². The van der Waals surface area contributed by atoms with Gasteiger partial charge < -0.3 is 16.8 Å². The highest BCUT2D eigenvalue weighted by Gasteiger charge is 2.13. The Labute approximate surface area is 108 Å². The molecule has 7 nitrogen and oxygen atoms in total. The molecule has 0 saturated heterocycles. The Morgan fingerprint density at radius 3 is 2.78 bits per heavy atom. The summed E-state index contributed by atoms with van der Waals surface area (Å²) in [6.07, 6.45) is 2.72. The average Bonchev–Trinajstić information content (AvgIpc) is 2.77. The zero-order valence-electron chi connectivity index (χ0n) is 9.60. The molecule has 0 fully saturated rings. The van der Waals surface area contributed by atoms with Crippen molar-refractivity contribution in [3.05, 3.63) is 22.5 Å². The first-order chi connectivity index (χ1) is 8.50. The zero-order chi connectivity index (χ0) is 13.5. The number of nitrogens with zero attached hydrogens (tertiary/aromatic N) is 1. The van der Waals surface area contributed by atoms with Gasteiger partial charge in [-0.2, -0.15) is 0 Å². The summed E-state index contributed by atoms with van der Waals surface area (Å²) in [6, 6.07) is 0. The normalized spacial score (nSPS) is 10.0. The number of nitrogens with one attached hydrogen (secondary N) is 2. The summed E-state index contributed by atoms with van der Waals surface area (Å²) in [4.78, 5) is 26.3. The number of amides is 1. The summed E-state index contributed by atoms with van der Waals surface area (Å²) in [5.41, 5.74) is 10.2. The minimum atomic E-state index is -0.643. The van der Waals surface area contributed by atoms with Crippen molar-refractivity contribution < 1.29 is 9.59 Å². The van der Waals surface area contributed by atoms with Crippen molar-refractivity contribution in [2.75, 3.05) is 6.54 Å². The molecule has 1 heterocycles. The lowest BCUT2D eigenvalue weighted by molar-refractivity contribution is 0.0996. The van der Waals surface area contributed by atoms with Gasteiger partial charge in [-0.05, 0) is 12.8 Å². The molecule has 0 aliphatic rings. The first kappa shape index (κ1) is 14.1. The fourth-order valence-corrected chi connectivity index (χ4v) is 1.89. The van der Waals surface area contributed by atoms with Crippen molar-refractivity contribution in [2.24, 2.45) is 11.5 Å². The zero-order valence-corrected chi connectivity index (χ0v) is 10.4. The highest BCUT2D eigenvalue weighted by Crippen LogP contribution is 2.12. The monoisotopic (exact) mass is 268 g/mol. The molecule has 1 rings (SSSR count). The lowest BCUT2D eigenvalue weighted by Gasteiger charge is -2.01. The number of guanidine groups is 1. The number of nitrogens with two attached hydrogens (primary N) is 2. The third kappa shape index (κ3) is 4.50. The van der Waals surface area contributed by atoms with Crippen molar-refractivity contribution in [3.8, 4) is 0 Å². The Morgan fingerprint density at radius 2 is 2.22 bits per heavy atom. The van der Waals surface area contributed by atoms with Crippen LogP contribution < -0.4 is 16.8 Å². The first-order valence-corrected chi connectivity index (χ1v) is 6.09. The molecule has 0 aliphatic carbocycles. The molecule has 0 spiro atoms. The van der Waals surface area contributed by atoms with E-state index >= 15 is 0 Å². The molecule has 1 aromatic heterocycles. The van der Waals surface area contributed by atoms with Crippen LogP contribution in [0.25, 0.3) is 0 Å². The predicted octanol–water partition coefficient (Wildman–Crippen LogP) is -0.108. The maximum atomic E-state index is 11.6. The second kappa shape index (κ2) is 6.70. The van der Waals surface area contributed by atoms with Gasteiger partial charge in [-0.15, -0.1) is 11.3 Å². The van der Waals surface area contributed by atoms with Crippen LogP contribution in [-0.4, -0.2) is 29.2 Å². The van der Waals surface area contributed by atoms with Crippen LogP contribution in [0.2, 0.25) is 0 Å². The minimum Gasteiger partial charge on any atom is -0.370 e. The number of ketones is 1. The maximum Gasteiger partial charge on any atom is 0.268 e. The van der Waals surface area contributed by atoms with Gasteiger partial charge in [-0.3, -0.25) is 15.0 Å². The van der Waals surface area contributed by atoms with Gasteiger partial charge >= 0.3 is 0 Å². The molecule has 1 aromatic rings. The van der Waals surface area contributed by atoms with E-state index in [2.05, 4.69) is 10.3 Å². The van der Waals surface area contributed by atoms with E-state index in [0.29, 0.717) is 19.4 Å². The molecule has 97 valence electrons. The van der Waals surface area contributed by atoms with Gasteiger partial charge in [0.05, 0.1) is 0 Å². The molecule has 18 heavy (non-hydrogen) atoms. The predicted molar refractivity (Wildman–Crippen MR) is 68.4 cm³/mol. The van der Waals surface area contributed by atoms with E-state index in [-0.39, 0.29) is 22.4 Å². The molecule has 1 amide bonds. The molecule has 0 atom stereocenters. The van der Waals surface area contributed by atoms with Crippen molar-refractivity contribution in [1.82, 2.24) is 10.3 Å². The second-order valence-corrected chi connectivity index (χ2v) is 4.31. The van der Waals surface area contributed by atoms with Crippen LogP contribution in [0.15, 0.2) is 5.38 Å². The van der Waals surface area contributed by atoms with Gasteiger partial charge in [0.1, 0.15) is 5.69 Å². The molecule has 1 radical (unpaired) electrons. The largest absolute Gasteiger partial charge is 0.370 e. The number of hydrogen-bond donors (Lipinski definition) is 4. The van der Waals surface area contributed by atoms with Crippen molar-refractivity contribution >= 4 is 29.0 Å². The fourth-order valence-electron chi connectivity index (χ4n) is 1.15. The smallest absolute Gasteiger partial charge is 0.268 e. The van der Waals surface area contributed by atoms with Crippen molar-refractivity contribution in [1.29, 1.82) is 5.41 Å². The van der Waals surface area contributed by atoms with Crippen LogP contribution in [0, 0.1) is 11.8 Å². The molecule has 0 bridgehead atoms. The molecule has 0 unspecified atom stereocenters. The summed E-state index contributed by atoms with van der Waals surface area (Å²) in [7, 11) is 0. The molecule has 6 N–H and O–H groups in total. The van der Waals surface area contributed by atoms with Gasteiger partial charge in [0, 0.05) is 18.3 Å². The summed E-state index contributed by atoms with van der Waals surface area (Å²) >= 11 is 1.09. The molecule has 0 aromatic carbocycles. The van der Waals surface area contributed by atoms with Gasteiger partial charge in [0.2, 0.25) is 0 Å². The van der Waals surface area contributed by atoms with Gasteiger partial charge in [0.15, 0.2) is 16.8 Å². The maximum absolute atomic E-state index is 11.6. The number of aromatic nitrogens is 1. The topological polar surface area (TPSA) is 135 Å². The van der Waals surface area contributed by atoms with E-state index in [9.17, 15) is 9.59 Å². The third-order valence-electron chi connectivity index (χ3n) is 1.99. The second-order valence-electron chi connectivity index (χ2n) is 3.45. The Hall–Kier alpha value is -1.96. The Kier molecular flexibility index (Phi) is 5.25. The van der Waals surface area contributed by atoms with Gasteiger partial charge in [0.25, 0.3) is 5.91 Å². The van der Waals surface area contributed by atoms with Crippen LogP contribution in [-0.2, 0) is 0 Å². The van der Waals surface area contributed by atoms with Crippen molar-refractivity contribution in [2.45, 2.75) is 12.8 Å². The van der Waals surface area contributed by atoms with Crippen LogP contribution in [0.3, 0.4) is 0 Å². The third-order valence-corrected chi connectivity index (χ3v) is 2.85. The average molecular weight is 268 g/mol. The number of carbonyl (C=O) groups is 2. The Bertz CT molecular complexity index is 457. The molecule has 8 heteroatoms. The van der Waals surface area contributed by atoms with Crippen LogP contribution in [0.1, 0.15) is 33.1 Å². The van der Waals surface area contributed by atoms with Gasteiger partial charge in [-0.25, -0.2) is 4.98 Å². The van der Waals surface area contributed by atoms with E-state index < -0.39 is 5.91 Å². The lowest BCUT2D eigenvalue weighted by Crippen LogP contribution is -2.30. The highest BCUT2D eigenvalue weighted by atomic mass is 32.1. The fraction of sp³-hybridized carbons (Fsp3) is 0.300. The lowest BCUT2D eigenvalue weighted by atomic mass is 10.2. The highest BCUT2D eigenvalue weighted by molar-refractivity contribution is 7.12. The van der Waals surface area contributed by atoms with Gasteiger partial charge in [-0.1, -0.05) is 0 Å².